The molecule has 0 bridgehead atoms. The van der Waals surface area contributed by atoms with Gasteiger partial charge in [-0.05, 0) is 6.92 Å². The summed E-state index contributed by atoms with van der Waals surface area (Å²) in [5.74, 6) is -0.551. The van der Waals surface area contributed by atoms with E-state index in [9.17, 15) is 9.90 Å². The lowest BCUT2D eigenvalue weighted by molar-refractivity contribution is -0.119. The van der Waals surface area contributed by atoms with Gasteiger partial charge in [0.05, 0.1) is 12.1 Å². The van der Waals surface area contributed by atoms with Crippen LogP contribution in [-0.4, -0.2) is 48.5 Å². The summed E-state index contributed by atoms with van der Waals surface area (Å²) in [7, 11) is 0. The maximum atomic E-state index is 10.6. The van der Waals surface area contributed by atoms with E-state index >= 15 is 0 Å². The summed E-state index contributed by atoms with van der Waals surface area (Å²) in [5, 5.41) is 13.0. The molecule has 0 aromatic rings. The van der Waals surface area contributed by atoms with E-state index in [1.165, 1.54) is 0 Å². The molecule has 1 aliphatic rings. The zero-order valence-corrected chi connectivity index (χ0v) is 8.90. The maximum absolute atomic E-state index is 10.6. The van der Waals surface area contributed by atoms with Crippen molar-refractivity contribution >= 4 is 5.91 Å². The third-order valence-electron chi connectivity index (χ3n) is 2.82. The van der Waals surface area contributed by atoms with Gasteiger partial charge in [0.2, 0.25) is 5.91 Å². The highest BCUT2D eigenvalue weighted by atomic mass is 16.5. The molecule has 1 saturated heterocycles. The second-order valence-corrected chi connectivity index (χ2v) is 4.01. The summed E-state index contributed by atoms with van der Waals surface area (Å²) in [4.78, 5) is 10.6. The normalized spacial score (nSPS) is 32.9. The van der Waals surface area contributed by atoms with Crippen LogP contribution in [0.5, 0.6) is 0 Å². The van der Waals surface area contributed by atoms with E-state index in [4.69, 9.17) is 16.2 Å². The van der Waals surface area contributed by atoms with Gasteiger partial charge in [-0.1, -0.05) is 0 Å². The molecule has 15 heavy (non-hydrogen) atoms. The fourth-order valence-corrected chi connectivity index (χ4v) is 1.55. The summed E-state index contributed by atoms with van der Waals surface area (Å²) in [6, 6.07) is -0.716. The number of hydrogen-bond donors (Lipinski definition) is 4. The fraction of sp³-hybridized carbons (Fsp3) is 0.889. The van der Waals surface area contributed by atoms with Gasteiger partial charge in [0.15, 0.2) is 0 Å². The monoisotopic (exact) mass is 217 g/mol. The van der Waals surface area contributed by atoms with E-state index in [2.05, 4.69) is 5.32 Å². The van der Waals surface area contributed by atoms with Crippen LogP contribution in [0.15, 0.2) is 0 Å². The molecule has 1 amide bonds. The van der Waals surface area contributed by atoms with Crippen LogP contribution in [-0.2, 0) is 9.53 Å². The Morgan fingerprint density at radius 3 is 2.93 bits per heavy atom. The van der Waals surface area contributed by atoms with Crippen molar-refractivity contribution in [3.63, 3.8) is 0 Å². The SMILES string of the molecule is CC1OCCC1(O)CNCC(N)C(N)=O. The highest BCUT2D eigenvalue weighted by Crippen LogP contribution is 2.24. The van der Waals surface area contributed by atoms with Crippen molar-refractivity contribution < 1.29 is 14.6 Å². The van der Waals surface area contributed by atoms with Gasteiger partial charge in [0.1, 0.15) is 5.60 Å². The van der Waals surface area contributed by atoms with Gasteiger partial charge < -0.3 is 26.6 Å². The van der Waals surface area contributed by atoms with Crippen LogP contribution in [0, 0.1) is 0 Å². The van der Waals surface area contributed by atoms with Crippen LogP contribution in [0.2, 0.25) is 0 Å². The molecule has 1 fully saturated rings. The Labute approximate surface area is 89.0 Å². The Hall–Kier alpha value is -0.690. The standard InChI is InChI=1S/C9H19N3O3/c1-6-9(14,2-3-15-6)5-12-4-7(10)8(11)13/h6-7,12,14H,2-5,10H2,1H3,(H2,11,13). The first kappa shape index (κ1) is 12.4. The zero-order valence-electron chi connectivity index (χ0n) is 8.90. The number of primary amides is 1. The predicted molar refractivity (Wildman–Crippen MR) is 55.0 cm³/mol. The Kier molecular flexibility index (Phi) is 4.04. The van der Waals surface area contributed by atoms with Crippen molar-refractivity contribution in [2.24, 2.45) is 11.5 Å². The van der Waals surface area contributed by atoms with Gasteiger partial charge in [-0.3, -0.25) is 4.79 Å². The van der Waals surface area contributed by atoms with Crippen molar-refractivity contribution in [2.75, 3.05) is 19.7 Å². The average molecular weight is 217 g/mol. The molecule has 0 saturated carbocycles. The van der Waals surface area contributed by atoms with Crippen LogP contribution in [0.25, 0.3) is 0 Å². The summed E-state index contributed by atoms with van der Waals surface area (Å²) >= 11 is 0. The summed E-state index contributed by atoms with van der Waals surface area (Å²) in [6.07, 6.45) is 0.391. The van der Waals surface area contributed by atoms with Crippen LogP contribution in [0.1, 0.15) is 13.3 Å². The number of ether oxygens (including phenoxy) is 1. The van der Waals surface area contributed by atoms with E-state index in [-0.39, 0.29) is 12.6 Å². The molecule has 3 atom stereocenters. The lowest BCUT2D eigenvalue weighted by Crippen LogP contribution is -2.51. The second kappa shape index (κ2) is 4.89. The number of amides is 1. The maximum Gasteiger partial charge on any atom is 0.235 e. The van der Waals surface area contributed by atoms with Crippen LogP contribution in [0.3, 0.4) is 0 Å². The van der Waals surface area contributed by atoms with Crippen LogP contribution in [0.4, 0.5) is 0 Å². The molecule has 0 aliphatic carbocycles. The Balaban J connectivity index is 2.28. The molecule has 0 spiro atoms. The van der Waals surface area contributed by atoms with Crippen molar-refractivity contribution in [2.45, 2.75) is 31.1 Å². The summed E-state index contributed by atoms with van der Waals surface area (Å²) in [6.45, 7) is 3.00. The quantitative estimate of drug-likeness (QED) is 0.423. The topological polar surface area (TPSA) is 111 Å². The minimum Gasteiger partial charge on any atom is -0.386 e. The summed E-state index contributed by atoms with van der Waals surface area (Å²) < 4.78 is 5.26. The Morgan fingerprint density at radius 2 is 2.47 bits per heavy atom. The first-order valence-electron chi connectivity index (χ1n) is 5.05. The van der Waals surface area contributed by atoms with E-state index in [1.54, 1.807) is 0 Å². The largest absolute Gasteiger partial charge is 0.386 e. The van der Waals surface area contributed by atoms with Gasteiger partial charge in [0.25, 0.3) is 0 Å². The molecule has 1 aliphatic heterocycles. The van der Waals surface area contributed by atoms with Gasteiger partial charge in [0, 0.05) is 26.1 Å². The van der Waals surface area contributed by atoms with Crippen molar-refractivity contribution in [3.05, 3.63) is 0 Å². The lowest BCUT2D eigenvalue weighted by Gasteiger charge is -2.26. The van der Waals surface area contributed by atoms with Gasteiger partial charge in [-0.15, -0.1) is 0 Å². The molecule has 88 valence electrons. The minimum absolute atomic E-state index is 0.199. The van der Waals surface area contributed by atoms with Crippen molar-refractivity contribution in [3.8, 4) is 0 Å². The van der Waals surface area contributed by atoms with Gasteiger partial charge >= 0.3 is 0 Å². The molecule has 1 heterocycles. The highest BCUT2D eigenvalue weighted by Gasteiger charge is 2.39. The fourth-order valence-electron chi connectivity index (χ4n) is 1.55. The second-order valence-electron chi connectivity index (χ2n) is 4.01. The molecular weight excluding hydrogens is 198 g/mol. The predicted octanol–water partition coefficient (Wildman–Crippen LogP) is -2.07. The van der Waals surface area contributed by atoms with E-state index in [0.717, 1.165) is 0 Å². The van der Waals surface area contributed by atoms with E-state index in [1.807, 2.05) is 6.92 Å². The first-order chi connectivity index (χ1) is 6.96. The minimum atomic E-state index is -0.864. The highest BCUT2D eigenvalue weighted by molar-refractivity contribution is 5.79. The average Bonchev–Trinajstić information content (AvgIpc) is 2.47. The van der Waals surface area contributed by atoms with Gasteiger partial charge in [-0.2, -0.15) is 0 Å². The Morgan fingerprint density at radius 1 is 1.80 bits per heavy atom. The molecule has 0 aromatic carbocycles. The number of rotatable bonds is 5. The Bertz CT molecular complexity index is 237. The third-order valence-corrected chi connectivity index (χ3v) is 2.82. The number of hydrogen-bond acceptors (Lipinski definition) is 5. The number of carbonyl (C=O) groups is 1. The van der Waals surface area contributed by atoms with Crippen molar-refractivity contribution in [1.29, 1.82) is 0 Å². The number of nitrogens with one attached hydrogen (secondary N) is 1. The molecular formula is C9H19N3O3. The van der Waals surface area contributed by atoms with E-state index in [0.29, 0.717) is 19.6 Å². The molecule has 1 rings (SSSR count). The zero-order chi connectivity index (χ0) is 11.5. The lowest BCUT2D eigenvalue weighted by atomic mass is 9.97. The van der Waals surface area contributed by atoms with Crippen molar-refractivity contribution in [1.82, 2.24) is 5.32 Å². The molecule has 6 nitrogen and oxygen atoms in total. The molecule has 0 radical (unpaired) electrons. The number of carbonyl (C=O) groups excluding carboxylic acids is 1. The molecule has 0 aromatic heterocycles. The molecule has 6 heteroatoms. The molecule has 3 unspecified atom stereocenters. The van der Waals surface area contributed by atoms with Crippen LogP contribution >= 0.6 is 0 Å². The smallest absolute Gasteiger partial charge is 0.235 e. The summed E-state index contributed by atoms with van der Waals surface area (Å²) in [5.41, 5.74) is 9.56. The third kappa shape index (κ3) is 3.13. The van der Waals surface area contributed by atoms with Gasteiger partial charge in [-0.25, -0.2) is 0 Å². The number of nitrogens with two attached hydrogens (primary N) is 2. The first-order valence-corrected chi connectivity index (χ1v) is 5.05. The molecule has 6 N–H and O–H groups in total. The van der Waals surface area contributed by atoms with Crippen LogP contribution < -0.4 is 16.8 Å². The van der Waals surface area contributed by atoms with E-state index < -0.39 is 17.6 Å². The number of aliphatic hydroxyl groups is 1.